The highest BCUT2D eigenvalue weighted by Gasteiger charge is 2.35. The van der Waals surface area contributed by atoms with Crippen molar-refractivity contribution in [2.75, 3.05) is 28.7 Å². The molecule has 0 radical (unpaired) electrons. The van der Waals surface area contributed by atoms with Gasteiger partial charge < -0.3 is 11.5 Å². The summed E-state index contributed by atoms with van der Waals surface area (Å²) in [5, 5.41) is 0. The fourth-order valence-corrected chi connectivity index (χ4v) is 2.75. The van der Waals surface area contributed by atoms with Crippen molar-refractivity contribution >= 4 is 33.7 Å². The molecule has 0 aliphatic carbocycles. The van der Waals surface area contributed by atoms with Crippen LogP contribution in [-0.4, -0.2) is 36.6 Å². The van der Waals surface area contributed by atoms with Crippen molar-refractivity contribution in [1.82, 2.24) is 9.97 Å². The van der Waals surface area contributed by atoms with Crippen molar-refractivity contribution in [3.05, 3.63) is 6.07 Å². The molecule has 1 aliphatic rings. The number of carbonyl (C=O) groups excluding carboxylic acids is 1. The molecule has 8 nitrogen and oxygen atoms in total. The van der Waals surface area contributed by atoms with Crippen LogP contribution in [0.25, 0.3) is 0 Å². The van der Waals surface area contributed by atoms with Gasteiger partial charge in [-0.2, -0.15) is 18.4 Å². The van der Waals surface area contributed by atoms with E-state index in [1.807, 2.05) is 0 Å². The molecule has 1 amide bonds. The summed E-state index contributed by atoms with van der Waals surface area (Å²) in [5.74, 6) is -1.53. The molecule has 1 atom stereocenters. The van der Waals surface area contributed by atoms with E-state index in [1.165, 1.54) is 6.07 Å². The second kappa shape index (κ2) is 4.61. The Kier molecular flexibility index (Phi) is 3.27. The van der Waals surface area contributed by atoms with Gasteiger partial charge in [-0.1, -0.05) is 0 Å². The Balaban J connectivity index is 2.20. The molecule has 0 bridgehead atoms. The van der Waals surface area contributed by atoms with Gasteiger partial charge in [-0.25, -0.2) is 0 Å². The van der Waals surface area contributed by atoms with E-state index in [0.29, 0.717) is 0 Å². The SMILES string of the molecule is Nc1cc(N)nc(N2CC(CS(=O)(=O)F)CC2=O)n1. The van der Waals surface area contributed by atoms with Crippen molar-refractivity contribution < 1.29 is 17.1 Å². The minimum atomic E-state index is -4.62. The van der Waals surface area contributed by atoms with Crippen LogP contribution in [0.2, 0.25) is 0 Å². The number of nitrogens with two attached hydrogens (primary N) is 2. The highest BCUT2D eigenvalue weighted by Crippen LogP contribution is 2.24. The largest absolute Gasteiger partial charge is 0.383 e. The van der Waals surface area contributed by atoms with Gasteiger partial charge in [0.1, 0.15) is 11.6 Å². The average Bonchev–Trinajstić information content (AvgIpc) is 2.54. The Morgan fingerprint density at radius 1 is 1.37 bits per heavy atom. The van der Waals surface area contributed by atoms with E-state index in [-0.39, 0.29) is 30.5 Å². The Morgan fingerprint density at radius 3 is 2.47 bits per heavy atom. The molecule has 1 fully saturated rings. The molecule has 2 rings (SSSR count). The van der Waals surface area contributed by atoms with Crippen molar-refractivity contribution in [1.29, 1.82) is 0 Å². The van der Waals surface area contributed by atoms with Gasteiger partial charge >= 0.3 is 10.2 Å². The van der Waals surface area contributed by atoms with Crippen LogP contribution in [0.3, 0.4) is 0 Å². The summed E-state index contributed by atoms with van der Waals surface area (Å²) >= 11 is 0. The number of rotatable bonds is 3. The molecule has 2 heterocycles. The maximum absolute atomic E-state index is 12.6. The minimum absolute atomic E-state index is 0.00116. The summed E-state index contributed by atoms with van der Waals surface area (Å²) in [4.78, 5) is 20.6. The van der Waals surface area contributed by atoms with Crippen LogP contribution in [0.1, 0.15) is 6.42 Å². The van der Waals surface area contributed by atoms with E-state index in [4.69, 9.17) is 11.5 Å². The normalized spacial score (nSPS) is 19.9. The topological polar surface area (TPSA) is 132 Å². The standard InChI is InChI=1S/C9H12FN5O3S/c10-19(17,18)4-5-1-8(16)15(3-5)9-13-6(11)2-7(12)14-9/h2,5H,1,3-4H2,(H4,11,12,13,14). The molecule has 1 aromatic heterocycles. The lowest BCUT2D eigenvalue weighted by Crippen LogP contribution is -2.27. The van der Waals surface area contributed by atoms with Gasteiger partial charge in [-0.05, 0) is 0 Å². The van der Waals surface area contributed by atoms with Gasteiger partial charge in [-0.15, -0.1) is 3.89 Å². The molecule has 104 valence electrons. The third-order valence-electron chi connectivity index (χ3n) is 2.64. The van der Waals surface area contributed by atoms with Gasteiger partial charge in [0.2, 0.25) is 11.9 Å². The molecule has 0 saturated carbocycles. The first kappa shape index (κ1) is 13.5. The van der Waals surface area contributed by atoms with E-state index in [9.17, 15) is 17.1 Å². The van der Waals surface area contributed by atoms with Crippen LogP contribution < -0.4 is 16.4 Å². The fraction of sp³-hybridized carbons (Fsp3) is 0.444. The highest BCUT2D eigenvalue weighted by atomic mass is 32.3. The fourth-order valence-electron chi connectivity index (χ4n) is 1.96. The summed E-state index contributed by atoms with van der Waals surface area (Å²) in [6.07, 6.45) is -0.0821. The average molecular weight is 289 g/mol. The van der Waals surface area contributed by atoms with Crippen LogP contribution in [-0.2, 0) is 15.0 Å². The van der Waals surface area contributed by atoms with Crippen LogP contribution in [0.15, 0.2) is 6.07 Å². The molecule has 0 aromatic carbocycles. The van der Waals surface area contributed by atoms with Crippen LogP contribution >= 0.6 is 0 Å². The second-order valence-corrected chi connectivity index (χ2v) is 5.71. The molecule has 1 saturated heterocycles. The number of nitrogen functional groups attached to an aromatic ring is 2. The zero-order chi connectivity index (χ0) is 14.2. The first-order valence-corrected chi connectivity index (χ1v) is 6.92. The molecule has 4 N–H and O–H groups in total. The van der Waals surface area contributed by atoms with Gasteiger partial charge in [0, 0.05) is 24.9 Å². The Bertz CT molecular complexity index is 600. The number of aromatic nitrogens is 2. The lowest BCUT2D eigenvalue weighted by molar-refractivity contribution is -0.117. The summed E-state index contributed by atoms with van der Waals surface area (Å²) in [6.45, 7) is 0.0187. The number of halogens is 1. The molecule has 1 unspecified atom stereocenters. The first-order chi connectivity index (χ1) is 8.74. The number of amides is 1. The van der Waals surface area contributed by atoms with Gasteiger partial charge in [0.15, 0.2) is 0 Å². The monoisotopic (exact) mass is 289 g/mol. The zero-order valence-electron chi connectivity index (χ0n) is 9.78. The quantitative estimate of drug-likeness (QED) is 0.702. The van der Waals surface area contributed by atoms with Crippen molar-refractivity contribution in [2.45, 2.75) is 6.42 Å². The lowest BCUT2D eigenvalue weighted by atomic mass is 10.1. The van der Waals surface area contributed by atoms with Crippen molar-refractivity contribution in [2.24, 2.45) is 5.92 Å². The van der Waals surface area contributed by atoms with Crippen molar-refractivity contribution in [3.8, 4) is 0 Å². The summed E-state index contributed by atoms with van der Waals surface area (Å²) in [6, 6.07) is 1.33. The van der Waals surface area contributed by atoms with Gasteiger partial charge in [0.25, 0.3) is 0 Å². The van der Waals surface area contributed by atoms with E-state index in [2.05, 4.69) is 9.97 Å². The predicted molar refractivity (Wildman–Crippen MR) is 66.2 cm³/mol. The molecular formula is C9H12FN5O3S. The Hall–Kier alpha value is -1.97. The Labute approximate surface area is 108 Å². The number of anilines is 3. The molecule has 1 aromatic rings. The third-order valence-corrected chi connectivity index (χ3v) is 3.50. The van der Waals surface area contributed by atoms with E-state index >= 15 is 0 Å². The maximum atomic E-state index is 12.6. The maximum Gasteiger partial charge on any atom is 0.302 e. The highest BCUT2D eigenvalue weighted by molar-refractivity contribution is 7.86. The Morgan fingerprint density at radius 2 is 1.95 bits per heavy atom. The molecule has 0 spiro atoms. The van der Waals surface area contributed by atoms with Gasteiger partial charge in [0.05, 0.1) is 5.75 Å². The molecule has 1 aliphatic heterocycles. The number of carbonyl (C=O) groups is 1. The predicted octanol–water partition coefficient (Wildman–Crippen LogP) is -0.707. The van der Waals surface area contributed by atoms with Crippen molar-refractivity contribution in [3.63, 3.8) is 0 Å². The zero-order valence-corrected chi connectivity index (χ0v) is 10.6. The number of nitrogens with zero attached hydrogens (tertiary/aromatic N) is 3. The lowest BCUT2D eigenvalue weighted by Gasteiger charge is -2.14. The van der Waals surface area contributed by atoms with Crippen LogP contribution in [0.5, 0.6) is 0 Å². The number of hydrogen-bond donors (Lipinski definition) is 2. The molecular weight excluding hydrogens is 277 g/mol. The summed E-state index contributed by atoms with van der Waals surface area (Å²) in [7, 11) is -4.62. The molecule has 19 heavy (non-hydrogen) atoms. The number of hydrogen-bond acceptors (Lipinski definition) is 7. The summed E-state index contributed by atoms with van der Waals surface area (Å²) < 4.78 is 33.8. The van der Waals surface area contributed by atoms with Crippen LogP contribution in [0, 0.1) is 5.92 Å². The van der Waals surface area contributed by atoms with E-state index < -0.39 is 27.8 Å². The van der Waals surface area contributed by atoms with E-state index in [0.717, 1.165) is 4.90 Å². The smallest absolute Gasteiger partial charge is 0.302 e. The summed E-state index contributed by atoms with van der Waals surface area (Å²) in [5.41, 5.74) is 11.0. The minimum Gasteiger partial charge on any atom is -0.383 e. The third kappa shape index (κ3) is 3.28. The van der Waals surface area contributed by atoms with Gasteiger partial charge in [-0.3, -0.25) is 9.69 Å². The molecule has 10 heteroatoms. The van der Waals surface area contributed by atoms with Crippen LogP contribution in [0.4, 0.5) is 21.5 Å². The second-order valence-electron chi connectivity index (χ2n) is 4.30. The van der Waals surface area contributed by atoms with E-state index in [1.54, 1.807) is 0 Å². The first-order valence-electron chi connectivity index (χ1n) is 5.37.